The zero-order chi connectivity index (χ0) is 18.5. The standard InChI is InChI=1S/C21H19N5O/c27-21(19-9-10-25(14-19)12-17-5-2-1-3-6-17)24-20-8-4-7-18(11-20)13-26-15-22-23-16-26/h1-11,14-16H,12-13H2,(H,24,27). The number of hydrogen-bond donors (Lipinski definition) is 1. The molecule has 0 spiro atoms. The molecular formula is C21H19N5O. The minimum atomic E-state index is -0.122. The topological polar surface area (TPSA) is 64.7 Å². The molecule has 1 amide bonds. The molecule has 4 rings (SSSR count). The molecule has 2 heterocycles. The van der Waals surface area contributed by atoms with Crippen LogP contribution in [0.25, 0.3) is 0 Å². The van der Waals surface area contributed by atoms with Gasteiger partial charge in [-0.1, -0.05) is 42.5 Å². The average molecular weight is 357 g/mol. The Morgan fingerprint density at radius 1 is 0.852 bits per heavy atom. The van der Waals surface area contributed by atoms with Crippen molar-refractivity contribution in [3.63, 3.8) is 0 Å². The van der Waals surface area contributed by atoms with Gasteiger partial charge >= 0.3 is 0 Å². The van der Waals surface area contributed by atoms with Crippen molar-refractivity contribution < 1.29 is 4.79 Å². The predicted octanol–water partition coefficient (Wildman–Crippen LogP) is 3.43. The molecule has 134 valence electrons. The van der Waals surface area contributed by atoms with Gasteiger partial charge in [-0.05, 0) is 29.3 Å². The molecule has 0 radical (unpaired) electrons. The second-order valence-corrected chi connectivity index (χ2v) is 6.35. The van der Waals surface area contributed by atoms with Crippen LogP contribution in [0.1, 0.15) is 21.5 Å². The smallest absolute Gasteiger partial charge is 0.257 e. The van der Waals surface area contributed by atoms with Crippen LogP contribution in [-0.2, 0) is 13.1 Å². The van der Waals surface area contributed by atoms with Gasteiger partial charge in [0.2, 0.25) is 0 Å². The van der Waals surface area contributed by atoms with Crippen molar-refractivity contribution in [1.29, 1.82) is 0 Å². The lowest BCUT2D eigenvalue weighted by atomic mass is 10.2. The number of hydrogen-bond acceptors (Lipinski definition) is 3. The highest BCUT2D eigenvalue weighted by Gasteiger charge is 2.09. The maximum atomic E-state index is 12.6. The van der Waals surface area contributed by atoms with Crippen LogP contribution in [0.5, 0.6) is 0 Å². The molecule has 2 aromatic carbocycles. The zero-order valence-corrected chi connectivity index (χ0v) is 14.7. The summed E-state index contributed by atoms with van der Waals surface area (Å²) in [4.78, 5) is 12.6. The van der Waals surface area contributed by atoms with E-state index < -0.39 is 0 Å². The van der Waals surface area contributed by atoms with Crippen molar-refractivity contribution >= 4 is 11.6 Å². The van der Waals surface area contributed by atoms with Gasteiger partial charge in [-0.25, -0.2) is 0 Å². The van der Waals surface area contributed by atoms with Crippen molar-refractivity contribution in [2.75, 3.05) is 5.32 Å². The van der Waals surface area contributed by atoms with Gasteiger partial charge in [0.15, 0.2) is 0 Å². The molecule has 6 heteroatoms. The lowest BCUT2D eigenvalue weighted by molar-refractivity contribution is 0.102. The third kappa shape index (κ3) is 4.30. The molecule has 0 bridgehead atoms. The zero-order valence-electron chi connectivity index (χ0n) is 14.7. The van der Waals surface area contributed by atoms with Gasteiger partial charge in [0, 0.05) is 24.6 Å². The highest BCUT2D eigenvalue weighted by Crippen LogP contribution is 2.14. The molecule has 0 aliphatic carbocycles. The highest BCUT2D eigenvalue weighted by atomic mass is 16.1. The first-order valence-electron chi connectivity index (χ1n) is 8.69. The summed E-state index contributed by atoms with van der Waals surface area (Å²) in [6.45, 7) is 1.40. The number of nitrogens with zero attached hydrogens (tertiary/aromatic N) is 4. The third-order valence-corrected chi connectivity index (χ3v) is 4.24. The van der Waals surface area contributed by atoms with Crippen LogP contribution in [0.2, 0.25) is 0 Å². The number of anilines is 1. The first-order chi connectivity index (χ1) is 13.3. The second-order valence-electron chi connectivity index (χ2n) is 6.35. The Morgan fingerprint density at radius 3 is 2.41 bits per heavy atom. The number of carbonyl (C=O) groups excluding carboxylic acids is 1. The highest BCUT2D eigenvalue weighted by molar-refractivity contribution is 6.04. The molecule has 2 aromatic heterocycles. The van der Waals surface area contributed by atoms with E-state index in [1.54, 1.807) is 12.7 Å². The van der Waals surface area contributed by atoms with E-state index in [1.165, 1.54) is 5.56 Å². The Balaban J connectivity index is 1.42. The number of rotatable bonds is 6. The van der Waals surface area contributed by atoms with Crippen LogP contribution < -0.4 is 5.32 Å². The lowest BCUT2D eigenvalue weighted by Crippen LogP contribution is -2.11. The number of aromatic nitrogens is 4. The summed E-state index contributed by atoms with van der Waals surface area (Å²) in [7, 11) is 0. The molecule has 0 fully saturated rings. The summed E-state index contributed by atoms with van der Waals surface area (Å²) in [5.74, 6) is -0.122. The molecule has 0 unspecified atom stereocenters. The van der Waals surface area contributed by atoms with Crippen LogP contribution in [0.15, 0.2) is 85.7 Å². The number of nitrogens with one attached hydrogen (secondary N) is 1. The third-order valence-electron chi connectivity index (χ3n) is 4.24. The van der Waals surface area contributed by atoms with E-state index in [0.29, 0.717) is 12.1 Å². The maximum absolute atomic E-state index is 12.6. The van der Waals surface area contributed by atoms with E-state index in [2.05, 4.69) is 27.6 Å². The Labute approximate surface area is 157 Å². The molecule has 6 nitrogen and oxygen atoms in total. The Kier molecular flexibility index (Phi) is 4.78. The van der Waals surface area contributed by atoms with E-state index in [0.717, 1.165) is 17.8 Å². The molecule has 4 aromatic rings. The number of amides is 1. The molecule has 0 aliphatic rings. The van der Waals surface area contributed by atoms with Gasteiger partial charge in [0.05, 0.1) is 12.1 Å². The van der Waals surface area contributed by atoms with Crippen LogP contribution in [0, 0.1) is 0 Å². The summed E-state index contributed by atoms with van der Waals surface area (Å²) < 4.78 is 3.89. The van der Waals surface area contributed by atoms with Crippen LogP contribution >= 0.6 is 0 Å². The van der Waals surface area contributed by atoms with Crippen molar-refractivity contribution in [2.24, 2.45) is 0 Å². The number of benzene rings is 2. The summed E-state index contributed by atoms with van der Waals surface area (Å²) in [5, 5.41) is 10.6. The van der Waals surface area contributed by atoms with E-state index in [-0.39, 0.29) is 5.91 Å². The Hall–Kier alpha value is -3.67. The number of carbonyl (C=O) groups is 1. The van der Waals surface area contributed by atoms with Gasteiger partial charge in [0.1, 0.15) is 12.7 Å². The molecular weight excluding hydrogens is 338 g/mol. The quantitative estimate of drug-likeness (QED) is 0.575. The predicted molar refractivity (Wildman–Crippen MR) is 103 cm³/mol. The fourth-order valence-corrected chi connectivity index (χ4v) is 2.93. The first kappa shape index (κ1) is 16.8. The van der Waals surface area contributed by atoms with Gasteiger partial charge in [-0.15, -0.1) is 10.2 Å². The summed E-state index contributed by atoms with van der Waals surface area (Å²) >= 11 is 0. The molecule has 0 saturated carbocycles. The molecule has 0 atom stereocenters. The Morgan fingerprint density at radius 2 is 1.59 bits per heavy atom. The van der Waals surface area contributed by atoms with Gasteiger partial charge in [-0.2, -0.15) is 0 Å². The molecule has 0 saturated heterocycles. The molecule has 0 aliphatic heterocycles. The minimum Gasteiger partial charge on any atom is -0.349 e. The molecule has 1 N–H and O–H groups in total. The van der Waals surface area contributed by atoms with Crippen molar-refractivity contribution in [2.45, 2.75) is 13.1 Å². The molecule has 27 heavy (non-hydrogen) atoms. The first-order valence-corrected chi connectivity index (χ1v) is 8.69. The largest absolute Gasteiger partial charge is 0.349 e. The Bertz CT molecular complexity index is 1020. The summed E-state index contributed by atoms with van der Waals surface area (Å²) in [5.41, 5.74) is 3.66. The van der Waals surface area contributed by atoms with E-state index in [1.807, 2.05) is 70.1 Å². The van der Waals surface area contributed by atoms with Crippen molar-refractivity contribution in [3.8, 4) is 0 Å². The lowest BCUT2D eigenvalue weighted by Gasteiger charge is -2.07. The minimum absolute atomic E-state index is 0.122. The summed E-state index contributed by atoms with van der Waals surface area (Å²) in [6, 6.07) is 19.8. The maximum Gasteiger partial charge on any atom is 0.257 e. The fourth-order valence-electron chi connectivity index (χ4n) is 2.93. The van der Waals surface area contributed by atoms with E-state index >= 15 is 0 Å². The fraction of sp³-hybridized carbons (Fsp3) is 0.0952. The average Bonchev–Trinajstić information content (AvgIpc) is 3.35. The van der Waals surface area contributed by atoms with E-state index in [4.69, 9.17) is 0 Å². The van der Waals surface area contributed by atoms with Crippen LogP contribution in [0.4, 0.5) is 5.69 Å². The van der Waals surface area contributed by atoms with Gasteiger partial charge in [-0.3, -0.25) is 4.79 Å². The van der Waals surface area contributed by atoms with Crippen molar-refractivity contribution in [3.05, 3.63) is 102 Å². The monoisotopic (exact) mass is 357 g/mol. The summed E-state index contributed by atoms with van der Waals surface area (Å²) in [6.07, 6.45) is 7.12. The second kappa shape index (κ2) is 7.70. The van der Waals surface area contributed by atoms with Gasteiger partial charge < -0.3 is 14.5 Å². The van der Waals surface area contributed by atoms with E-state index in [9.17, 15) is 4.79 Å². The SMILES string of the molecule is O=C(Nc1cccc(Cn2cnnc2)c1)c1ccn(Cc2ccccc2)c1. The van der Waals surface area contributed by atoms with Gasteiger partial charge in [0.25, 0.3) is 5.91 Å². The van der Waals surface area contributed by atoms with Crippen LogP contribution in [-0.4, -0.2) is 25.2 Å². The normalized spacial score (nSPS) is 10.7. The van der Waals surface area contributed by atoms with Crippen molar-refractivity contribution in [1.82, 2.24) is 19.3 Å². The van der Waals surface area contributed by atoms with Crippen LogP contribution in [0.3, 0.4) is 0 Å².